The Kier molecular flexibility index (Phi) is 5.32. The van der Waals surface area contributed by atoms with Crippen LogP contribution in [-0.2, 0) is 6.54 Å². The zero-order valence-corrected chi connectivity index (χ0v) is 15.9. The molecule has 0 saturated carbocycles. The first-order valence-electron chi connectivity index (χ1n) is 9.45. The van der Waals surface area contributed by atoms with Gasteiger partial charge in [0.05, 0.1) is 19.3 Å². The van der Waals surface area contributed by atoms with Crippen molar-refractivity contribution in [1.82, 2.24) is 24.4 Å². The van der Waals surface area contributed by atoms with Gasteiger partial charge in [-0.1, -0.05) is 6.07 Å². The molecule has 4 rings (SSSR count). The lowest BCUT2D eigenvalue weighted by Crippen LogP contribution is -2.40. The Morgan fingerprint density at radius 2 is 2.04 bits per heavy atom. The smallest absolute Gasteiger partial charge is 0.259 e. The van der Waals surface area contributed by atoms with Gasteiger partial charge in [0.15, 0.2) is 0 Å². The van der Waals surface area contributed by atoms with Gasteiger partial charge < -0.3 is 14.2 Å². The Hall–Kier alpha value is -3.22. The molecular formula is C21H23N5O2. The van der Waals surface area contributed by atoms with Gasteiger partial charge in [-0.05, 0) is 37.1 Å². The molecule has 3 aromatic rings. The average molecular weight is 377 g/mol. The van der Waals surface area contributed by atoms with Gasteiger partial charge in [-0.2, -0.15) is 0 Å². The number of hydrogen-bond donors (Lipinski definition) is 0. The van der Waals surface area contributed by atoms with Crippen molar-refractivity contribution in [1.29, 1.82) is 0 Å². The molecule has 1 aliphatic rings. The van der Waals surface area contributed by atoms with Crippen LogP contribution in [0, 0.1) is 0 Å². The number of rotatable bonds is 5. The van der Waals surface area contributed by atoms with Gasteiger partial charge in [0.2, 0.25) is 5.88 Å². The van der Waals surface area contributed by atoms with Crippen LogP contribution in [0.25, 0.3) is 0 Å². The summed E-state index contributed by atoms with van der Waals surface area (Å²) < 4.78 is 7.39. The van der Waals surface area contributed by atoms with E-state index in [1.165, 1.54) is 7.11 Å². The Morgan fingerprint density at radius 3 is 2.86 bits per heavy atom. The van der Waals surface area contributed by atoms with Crippen LogP contribution < -0.4 is 4.74 Å². The van der Waals surface area contributed by atoms with Gasteiger partial charge in [-0.15, -0.1) is 0 Å². The van der Waals surface area contributed by atoms with Crippen LogP contribution >= 0.6 is 0 Å². The number of carbonyl (C=O) groups excluding carboxylic acids is 1. The van der Waals surface area contributed by atoms with E-state index in [0.717, 1.165) is 30.9 Å². The van der Waals surface area contributed by atoms with Crippen molar-refractivity contribution in [3.05, 3.63) is 72.2 Å². The second kappa shape index (κ2) is 8.21. The van der Waals surface area contributed by atoms with E-state index in [1.54, 1.807) is 24.5 Å². The fourth-order valence-electron chi connectivity index (χ4n) is 3.74. The maximum Gasteiger partial charge on any atom is 0.259 e. The Balaban J connectivity index is 1.52. The molecule has 1 amide bonds. The highest BCUT2D eigenvalue weighted by Gasteiger charge is 2.29. The summed E-state index contributed by atoms with van der Waals surface area (Å²) in [6, 6.07) is 9.43. The van der Waals surface area contributed by atoms with Gasteiger partial charge in [0.25, 0.3) is 5.91 Å². The van der Waals surface area contributed by atoms with Gasteiger partial charge in [0.1, 0.15) is 11.4 Å². The molecular weight excluding hydrogens is 354 g/mol. The molecule has 3 aromatic heterocycles. The number of amides is 1. The van der Waals surface area contributed by atoms with Crippen molar-refractivity contribution < 1.29 is 9.53 Å². The van der Waals surface area contributed by atoms with Gasteiger partial charge in [0, 0.05) is 43.8 Å². The lowest BCUT2D eigenvalue weighted by molar-refractivity contribution is 0.0699. The highest BCUT2D eigenvalue weighted by Crippen LogP contribution is 2.28. The van der Waals surface area contributed by atoms with E-state index in [0.29, 0.717) is 24.5 Å². The molecule has 7 nitrogen and oxygen atoms in total. The second-order valence-corrected chi connectivity index (χ2v) is 6.88. The summed E-state index contributed by atoms with van der Waals surface area (Å²) in [5.41, 5.74) is 1.49. The molecule has 144 valence electrons. The molecule has 1 saturated heterocycles. The van der Waals surface area contributed by atoms with Crippen LogP contribution in [0.4, 0.5) is 0 Å². The minimum Gasteiger partial charge on any atom is -0.480 e. The molecule has 7 heteroatoms. The molecule has 0 N–H and O–H groups in total. The third-order valence-corrected chi connectivity index (χ3v) is 5.07. The van der Waals surface area contributed by atoms with Crippen molar-refractivity contribution in [3.63, 3.8) is 0 Å². The van der Waals surface area contributed by atoms with Crippen molar-refractivity contribution in [2.45, 2.75) is 25.3 Å². The van der Waals surface area contributed by atoms with Crippen LogP contribution in [-0.4, -0.2) is 50.5 Å². The molecule has 28 heavy (non-hydrogen) atoms. The Bertz CT molecular complexity index is 941. The van der Waals surface area contributed by atoms with Crippen molar-refractivity contribution in [3.8, 4) is 5.88 Å². The number of methoxy groups -OCH3 is 1. The maximum atomic E-state index is 13.0. The third-order valence-electron chi connectivity index (χ3n) is 5.07. The van der Waals surface area contributed by atoms with E-state index >= 15 is 0 Å². The van der Waals surface area contributed by atoms with E-state index < -0.39 is 0 Å². The third kappa shape index (κ3) is 3.74. The highest BCUT2D eigenvalue weighted by atomic mass is 16.5. The number of imidazole rings is 1. The Morgan fingerprint density at radius 1 is 1.14 bits per heavy atom. The number of nitrogens with zero attached hydrogens (tertiary/aromatic N) is 5. The predicted molar refractivity (Wildman–Crippen MR) is 104 cm³/mol. The monoisotopic (exact) mass is 377 g/mol. The number of ether oxygens (including phenoxy) is 1. The molecule has 0 radical (unpaired) electrons. The molecule has 1 aliphatic heterocycles. The summed E-state index contributed by atoms with van der Waals surface area (Å²) in [5, 5.41) is 0. The van der Waals surface area contributed by atoms with Gasteiger partial charge in [-0.25, -0.2) is 9.97 Å². The molecule has 0 aliphatic carbocycles. The molecule has 0 aromatic carbocycles. The van der Waals surface area contributed by atoms with Crippen LogP contribution in [0.15, 0.2) is 55.1 Å². The van der Waals surface area contributed by atoms with Crippen molar-refractivity contribution in [2.24, 2.45) is 0 Å². The van der Waals surface area contributed by atoms with E-state index in [2.05, 4.69) is 19.5 Å². The zero-order valence-electron chi connectivity index (χ0n) is 15.9. The normalized spacial score (nSPS) is 16.8. The largest absolute Gasteiger partial charge is 0.480 e. The average Bonchev–Trinajstić information content (AvgIpc) is 3.22. The fourth-order valence-corrected chi connectivity index (χ4v) is 3.74. The van der Waals surface area contributed by atoms with E-state index in [-0.39, 0.29) is 11.8 Å². The number of hydrogen-bond acceptors (Lipinski definition) is 5. The first-order valence-corrected chi connectivity index (χ1v) is 9.45. The molecule has 0 unspecified atom stereocenters. The lowest BCUT2D eigenvalue weighted by Gasteiger charge is -2.33. The molecule has 0 spiro atoms. The topological polar surface area (TPSA) is 73.1 Å². The van der Waals surface area contributed by atoms with Crippen LogP contribution in [0.5, 0.6) is 5.88 Å². The van der Waals surface area contributed by atoms with E-state index in [4.69, 9.17) is 4.74 Å². The SMILES string of the molecule is COc1ncccc1C(=O)N1CCC[C@@H](c2nccn2Cc2ccccn2)C1. The van der Waals surface area contributed by atoms with Crippen molar-refractivity contribution in [2.75, 3.05) is 20.2 Å². The summed E-state index contributed by atoms with van der Waals surface area (Å²) in [7, 11) is 1.53. The predicted octanol–water partition coefficient (Wildman–Crippen LogP) is 2.75. The molecule has 0 bridgehead atoms. The van der Waals surface area contributed by atoms with Crippen LogP contribution in [0.3, 0.4) is 0 Å². The number of piperidine rings is 1. The summed E-state index contributed by atoms with van der Waals surface area (Å²) in [6.45, 7) is 2.04. The zero-order chi connectivity index (χ0) is 19.3. The first-order chi connectivity index (χ1) is 13.8. The van der Waals surface area contributed by atoms with Crippen LogP contribution in [0.1, 0.15) is 40.6 Å². The van der Waals surface area contributed by atoms with Crippen LogP contribution in [0.2, 0.25) is 0 Å². The fraction of sp³-hybridized carbons (Fsp3) is 0.333. The maximum absolute atomic E-state index is 13.0. The lowest BCUT2D eigenvalue weighted by atomic mass is 9.96. The minimum atomic E-state index is -0.0440. The summed E-state index contributed by atoms with van der Waals surface area (Å²) >= 11 is 0. The molecule has 1 atom stereocenters. The summed E-state index contributed by atoms with van der Waals surface area (Å²) in [4.78, 5) is 28.1. The minimum absolute atomic E-state index is 0.0440. The Labute approximate surface area is 164 Å². The number of pyridine rings is 2. The van der Waals surface area contributed by atoms with Crippen molar-refractivity contribution >= 4 is 5.91 Å². The van der Waals surface area contributed by atoms with E-state index in [9.17, 15) is 4.79 Å². The molecule has 1 fully saturated rings. The highest BCUT2D eigenvalue weighted by molar-refractivity contribution is 5.96. The number of aromatic nitrogens is 4. The van der Waals surface area contributed by atoms with E-state index in [1.807, 2.05) is 35.5 Å². The molecule has 4 heterocycles. The second-order valence-electron chi connectivity index (χ2n) is 6.88. The van der Waals surface area contributed by atoms with Gasteiger partial charge in [-0.3, -0.25) is 9.78 Å². The summed E-state index contributed by atoms with van der Waals surface area (Å²) in [6.07, 6.45) is 9.18. The summed E-state index contributed by atoms with van der Waals surface area (Å²) in [5.74, 6) is 1.52. The quantitative estimate of drug-likeness (QED) is 0.684. The first kappa shape index (κ1) is 18.2. The standard InChI is InChI=1S/C21H23N5O2/c1-28-20-18(8-4-10-24-20)21(27)26-12-5-6-16(14-26)19-23-11-13-25(19)15-17-7-2-3-9-22-17/h2-4,7-11,13,16H,5-6,12,14-15H2,1H3/t16-/m1/s1. The number of likely N-dealkylation sites (tertiary alicyclic amines) is 1. The van der Waals surface area contributed by atoms with Gasteiger partial charge >= 0.3 is 0 Å². The number of carbonyl (C=O) groups is 1.